The Morgan fingerprint density at radius 2 is 2.06 bits per heavy atom. The first-order valence-corrected chi connectivity index (χ1v) is 7.35. The highest BCUT2D eigenvalue weighted by Gasteiger charge is 2.30. The summed E-state index contributed by atoms with van der Waals surface area (Å²) in [5.41, 5.74) is 1.85. The minimum atomic E-state index is 0.0524. The molecule has 0 aromatic heterocycles. The Morgan fingerprint density at radius 1 is 1.33 bits per heavy atom. The Morgan fingerprint density at radius 3 is 2.61 bits per heavy atom. The second kappa shape index (κ2) is 5.43. The molecule has 3 heteroatoms. The van der Waals surface area contributed by atoms with E-state index in [1.807, 2.05) is 25.1 Å². The van der Waals surface area contributed by atoms with Crippen LogP contribution in [0.15, 0.2) is 22.7 Å². The first kappa shape index (κ1) is 13.6. The van der Waals surface area contributed by atoms with Crippen LogP contribution in [-0.2, 0) is 0 Å². The van der Waals surface area contributed by atoms with Crippen molar-refractivity contribution >= 4 is 21.8 Å². The fourth-order valence-corrected chi connectivity index (χ4v) is 2.85. The third-order valence-electron chi connectivity index (χ3n) is 4.20. The lowest BCUT2D eigenvalue weighted by Crippen LogP contribution is -2.37. The van der Waals surface area contributed by atoms with Gasteiger partial charge < -0.3 is 5.32 Å². The lowest BCUT2D eigenvalue weighted by molar-refractivity contribution is 0.0927. The van der Waals surface area contributed by atoms with Gasteiger partial charge in [0.05, 0.1) is 0 Å². The Hall–Kier alpha value is -0.830. The molecular weight excluding hydrogens is 290 g/mol. The number of hydrogen-bond donors (Lipinski definition) is 1. The van der Waals surface area contributed by atoms with Crippen LogP contribution in [0.4, 0.5) is 0 Å². The van der Waals surface area contributed by atoms with E-state index in [1.54, 1.807) is 0 Å². The third-order valence-corrected chi connectivity index (χ3v) is 5.09. The molecule has 1 aliphatic rings. The van der Waals surface area contributed by atoms with Crippen LogP contribution in [0.3, 0.4) is 0 Å². The molecule has 18 heavy (non-hydrogen) atoms. The summed E-state index contributed by atoms with van der Waals surface area (Å²) in [4.78, 5) is 12.2. The van der Waals surface area contributed by atoms with E-state index in [2.05, 4.69) is 35.1 Å². The van der Waals surface area contributed by atoms with Crippen molar-refractivity contribution in [2.24, 2.45) is 11.8 Å². The quantitative estimate of drug-likeness (QED) is 0.881. The number of carbonyl (C=O) groups excluding carboxylic acids is 1. The predicted octanol–water partition coefficient (Wildman–Crippen LogP) is 3.92. The van der Waals surface area contributed by atoms with Crippen LogP contribution in [0.2, 0.25) is 0 Å². The third kappa shape index (κ3) is 2.77. The summed E-state index contributed by atoms with van der Waals surface area (Å²) >= 11 is 3.45. The number of amides is 1. The number of hydrogen-bond acceptors (Lipinski definition) is 1. The van der Waals surface area contributed by atoms with E-state index in [0.29, 0.717) is 17.9 Å². The van der Waals surface area contributed by atoms with Gasteiger partial charge in [-0.15, -0.1) is 0 Å². The fraction of sp³-hybridized carbons (Fsp3) is 0.533. The van der Waals surface area contributed by atoms with Gasteiger partial charge in [0.15, 0.2) is 0 Å². The molecule has 1 aromatic rings. The van der Waals surface area contributed by atoms with Gasteiger partial charge in [0.2, 0.25) is 0 Å². The van der Waals surface area contributed by atoms with Crippen molar-refractivity contribution in [1.82, 2.24) is 5.32 Å². The molecule has 3 atom stereocenters. The van der Waals surface area contributed by atoms with Crippen molar-refractivity contribution in [2.45, 2.75) is 39.7 Å². The number of nitrogens with one attached hydrogen (secondary N) is 1. The van der Waals surface area contributed by atoms with Crippen molar-refractivity contribution < 1.29 is 4.79 Å². The topological polar surface area (TPSA) is 29.1 Å². The van der Waals surface area contributed by atoms with Crippen LogP contribution in [-0.4, -0.2) is 11.9 Å². The number of rotatable bonds is 2. The smallest absolute Gasteiger partial charge is 0.251 e. The van der Waals surface area contributed by atoms with Crippen molar-refractivity contribution in [3.05, 3.63) is 33.8 Å². The first-order valence-electron chi connectivity index (χ1n) is 6.56. The van der Waals surface area contributed by atoms with Gasteiger partial charge in [-0.25, -0.2) is 0 Å². The molecule has 0 spiro atoms. The van der Waals surface area contributed by atoms with E-state index in [4.69, 9.17) is 0 Å². The molecule has 98 valence electrons. The molecule has 3 unspecified atom stereocenters. The highest BCUT2D eigenvalue weighted by atomic mass is 79.9. The van der Waals surface area contributed by atoms with Crippen LogP contribution >= 0.6 is 15.9 Å². The molecule has 1 aliphatic carbocycles. The van der Waals surface area contributed by atoms with Gasteiger partial charge in [-0.1, -0.05) is 29.8 Å². The van der Waals surface area contributed by atoms with Crippen LogP contribution in [0, 0.1) is 18.8 Å². The average Bonchev–Trinajstić information content (AvgIpc) is 2.64. The zero-order valence-electron chi connectivity index (χ0n) is 11.2. The highest BCUT2D eigenvalue weighted by molar-refractivity contribution is 9.10. The average molecular weight is 310 g/mol. The van der Waals surface area contributed by atoms with Gasteiger partial charge in [-0.2, -0.15) is 0 Å². The molecule has 0 aliphatic heterocycles. The first-order chi connectivity index (χ1) is 8.49. The maximum atomic E-state index is 12.2. The molecule has 1 aromatic carbocycles. The summed E-state index contributed by atoms with van der Waals surface area (Å²) in [5, 5.41) is 3.17. The summed E-state index contributed by atoms with van der Waals surface area (Å²) < 4.78 is 1.04. The Labute approximate surface area is 117 Å². The number of aryl methyl sites for hydroxylation is 1. The van der Waals surface area contributed by atoms with Crippen LogP contribution in [0.1, 0.15) is 42.6 Å². The fourth-order valence-electron chi connectivity index (χ4n) is 2.61. The second-order valence-corrected chi connectivity index (χ2v) is 6.31. The monoisotopic (exact) mass is 309 g/mol. The van der Waals surface area contributed by atoms with Gasteiger partial charge in [-0.3, -0.25) is 4.79 Å². The normalized spacial score (nSPS) is 27.2. The Balaban J connectivity index is 2.06. The minimum absolute atomic E-state index is 0.0524. The number of halogens is 1. The van der Waals surface area contributed by atoms with E-state index in [0.717, 1.165) is 22.0 Å². The predicted molar refractivity (Wildman–Crippen MR) is 77.7 cm³/mol. The molecule has 2 nitrogen and oxygen atoms in total. The standard InChI is InChI=1S/C15H20BrNO/c1-9-4-7-14(11(9)3)17-15(18)12-5-6-13(16)10(2)8-12/h5-6,8-9,11,14H,4,7H2,1-3H3,(H,17,18). The van der Waals surface area contributed by atoms with Gasteiger partial charge >= 0.3 is 0 Å². The molecule has 1 N–H and O–H groups in total. The van der Waals surface area contributed by atoms with Gasteiger partial charge in [0, 0.05) is 16.1 Å². The molecule has 1 amide bonds. The molecule has 2 rings (SSSR count). The lowest BCUT2D eigenvalue weighted by Gasteiger charge is -2.19. The summed E-state index contributed by atoms with van der Waals surface area (Å²) in [6.45, 7) is 6.50. The van der Waals surface area contributed by atoms with Crippen LogP contribution in [0.25, 0.3) is 0 Å². The van der Waals surface area contributed by atoms with Gasteiger partial charge in [-0.05, 0) is 55.4 Å². The van der Waals surface area contributed by atoms with Crippen molar-refractivity contribution in [3.8, 4) is 0 Å². The summed E-state index contributed by atoms with van der Waals surface area (Å²) in [6.07, 6.45) is 2.31. The van der Waals surface area contributed by atoms with Crippen LogP contribution in [0.5, 0.6) is 0 Å². The molecule has 0 bridgehead atoms. The zero-order chi connectivity index (χ0) is 13.3. The van der Waals surface area contributed by atoms with Crippen molar-refractivity contribution in [2.75, 3.05) is 0 Å². The molecule has 1 fully saturated rings. The largest absolute Gasteiger partial charge is 0.349 e. The molecule has 0 heterocycles. The Bertz CT molecular complexity index is 458. The van der Waals surface area contributed by atoms with E-state index in [1.165, 1.54) is 6.42 Å². The summed E-state index contributed by atoms with van der Waals surface area (Å²) in [5.74, 6) is 1.34. The summed E-state index contributed by atoms with van der Waals surface area (Å²) in [7, 11) is 0. The van der Waals surface area contributed by atoms with E-state index in [9.17, 15) is 4.79 Å². The van der Waals surface area contributed by atoms with E-state index in [-0.39, 0.29) is 5.91 Å². The van der Waals surface area contributed by atoms with E-state index >= 15 is 0 Å². The zero-order valence-corrected chi connectivity index (χ0v) is 12.8. The molecule has 1 saturated carbocycles. The molecule has 0 saturated heterocycles. The van der Waals surface area contributed by atoms with Crippen LogP contribution < -0.4 is 5.32 Å². The highest BCUT2D eigenvalue weighted by Crippen LogP contribution is 2.31. The maximum absolute atomic E-state index is 12.2. The van der Waals surface area contributed by atoms with E-state index < -0.39 is 0 Å². The molecule has 0 radical (unpaired) electrons. The minimum Gasteiger partial charge on any atom is -0.349 e. The lowest BCUT2D eigenvalue weighted by atomic mass is 9.97. The SMILES string of the molecule is Cc1cc(C(=O)NC2CCC(C)C2C)ccc1Br. The number of benzene rings is 1. The summed E-state index contributed by atoms with van der Waals surface area (Å²) in [6, 6.07) is 6.07. The van der Waals surface area contributed by atoms with Gasteiger partial charge in [0.1, 0.15) is 0 Å². The van der Waals surface area contributed by atoms with Crippen molar-refractivity contribution in [1.29, 1.82) is 0 Å². The van der Waals surface area contributed by atoms with Gasteiger partial charge in [0.25, 0.3) is 5.91 Å². The Kier molecular flexibility index (Phi) is 4.10. The molecular formula is C15H20BrNO. The van der Waals surface area contributed by atoms with Crippen molar-refractivity contribution in [3.63, 3.8) is 0 Å². The maximum Gasteiger partial charge on any atom is 0.251 e. The number of carbonyl (C=O) groups is 1. The second-order valence-electron chi connectivity index (χ2n) is 5.46.